The molecule has 7 heteroatoms. The van der Waals surface area contributed by atoms with Gasteiger partial charge in [0, 0.05) is 16.9 Å². The van der Waals surface area contributed by atoms with Gasteiger partial charge in [-0.05, 0) is 6.07 Å². The first kappa shape index (κ1) is 15.4. The van der Waals surface area contributed by atoms with Gasteiger partial charge in [0.2, 0.25) is 16.2 Å². The molecule has 0 unspecified atom stereocenters. The lowest BCUT2D eigenvalue weighted by Gasteiger charge is -2.05. The molecule has 1 aromatic heterocycles. The number of unbranched alkanes of at least 4 members (excludes halogenated alkanes) is 1. The van der Waals surface area contributed by atoms with Crippen molar-refractivity contribution in [1.29, 1.82) is 0 Å². The summed E-state index contributed by atoms with van der Waals surface area (Å²) in [5.41, 5.74) is 0.969. The van der Waals surface area contributed by atoms with E-state index in [0.29, 0.717) is 23.0 Å². The molecule has 0 bridgehead atoms. The van der Waals surface area contributed by atoms with Gasteiger partial charge in [0.05, 0.1) is 6.26 Å². The van der Waals surface area contributed by atoms with Crippen LogP contribution in [0.3, 0.4) is 0 Å². The minimum atomic E-state index is -3.60. The molecular weight excluding hydrogens is 290 g/mol. The lowest BCUT2D eigenvalue weighted by Crippen LogP contribution is -2.40. The van der Waals surface area contributed by atoms with Crippen LogP contribution in [0.1, 0.15) is 30.1 Å². The molecule has 6 nitrogen and oxygen atoms in total. The van der Waals surface area contributed by atoms with E-state index in [9.17, 15) is 13.2 Å². The van der Waals surface area contributed by atoms with Crippen molar-refractivity contribution in [2.45, 2.75) is 26.3 Å². The number of sulfonamides is 1. The fourth-order valence-electron chi connectivity index (χ4n) is 2.01. The molecule has 1 heterocycles. The van der Waals surface area contributed by atoms with E-state index in [0.717, 1.165) is 19.1 Å². The molecule has 0 saturated carbocycles. The summed E-state index contributed by atoms with van der Waals surface area (Å²) in [6.45, 7) is 2.75. The third-order valence-electron chi connectivity index (χ3n) is 2.97. The SMILES string of the molecule is CCCC[n+]1cc(C(=O)NS(C)(=O)=O)c2ccccc2n1. The molecule has 1 N–H and O–H groups in total. The molecule has 0 aliphatic heterocycles. The van der Waals surface area contributed by atoms with Gasteiger partial charge < -0.3 is 0 Å². The number of hydrogen-bond donors (Lipinski definition) is 1. The molecule has 0 radical (unpaired) electrons. The third kappa shape index (κ3) is 3.98. The summed E-state index contributed by atoms with van der Waals surface area (Å²) >= 11 is 0. The smallest absolute Gasteiger partial charge is 0.268 e. The number of aryl methyl sites for hydroxylation is 1. The van der Waals surface area contributed by atoms with Crippen LogP contribution in [0.2, 0.25) is 0 Å². The fraction of sp³-hybridized carbons (Fsp3) is 0.357. The Labute approximate surface area is 123 Å². The van der Waals surface area contributed by atoms with Crippen molar-refractivity contribution in [2.75, 3.05) is 6.26 Å². The molecule has 0 atom stereocenters. The normalized spacial score (nSPS) is 11.5. The fourth-order valence-corrected chi connectivity index (χ4v) is 2.46. The molecule has 0 fully saturated rings. The summed E-state index contributed by atoms with van der Waals surface area (Å²) in [6.07, 6.45) is 4.49. The van der Waals surface area contributed by atoms with Crippen LogP contribution in [0.25, 0.3) is 10.9 Å². The van der Waals surface area contributed by atoms with Crippen molar-refractivity contribution in [3.63, 3.8) is 0 Å². The van der Waals surface area contributed by atoms with Crippen molar-refractivity contribution < 1.29 is 17.9 Å². The molecule has 112 valence electrons. The molecule has 0 aliphatic carbocycles. The maximum atomic E-state index is 12.2. The Bertz CT molecular complexity index is 772. The number of aromatic nitrogens is 2. The Morgan fingerprint density at radius 3 is 2.71 bits per heavy atom. The first-order chi connectivity index (χ1) is 9.90. The minimum absolute atomic E-state index is 0.308. The second kappa shape index (κ2) is 6.17. The molecule has 1 aromatic carbocycles. The number of nitrogens with zero attached hydrogens (tertiary/aromatic N) is 2. The van der Waals surface area contributed by atoms with Crippen molar-refractivity contribution in [3.8, 4) is 0 Å². The first-order valence-electron chi connectivity index (χ1n) is 6.72. The van der Waals surface area contributed by atoms with Crippen molar-refractivity contribution in [3.05, 3.63) is 36.0 Å². The Morgan fingerprint density at radius 2 is 2.05 bits per heavy atom. The van der Waals surface area contributed by atoms with Gasteiger partial charge in [-0.15, -0.1) is 0 Å². The lowest BCUT2D eigenvalue weighted by atomic mass is 10.1. The maximum absolute atomic E-state index is 12.2. The molecule has 0 aliphatic rings. The Morgan fingerprint density at radius 1 is 1.33 bits per heavy atom. The lowest BCUT2D eigenvalue weighted by molar-refractivity contribution is -0.752. The van der Waals surface area contributed by atoms with E-state index in [1.54, 1.807) is 29.1 Å². The average Bonchev–Trinajstić information content (AvgIpc) is 2.42. The Kier molecular flexibility index (Phi) is 4.52. The molecule has 2 rings (SSSR count). The van der Waals surface area contributed by atoms with Crippen molar-refractivity contribution in [2.24, 2.45) is 0 Å². The molecule has 21 heavy (non-hydrogen) atoms. The molecule has 0 saturated heterocycles. The number of carbonyl (C=O) groups is 1. The topological polar surface area (TPSA) is 80.0 Å². The molecular formula is C14H18N3O3S+. The number of nitrogens with one attached hydrogen (secondary N) is 1. The molecule has 2 aromatic rings. The maximum Gasteiger partial charge on any atom is 0.271 e. The van der Waals surface area contributed by atoms with Crippen molar-refractivity contribution >= 4 is 26.8 Å². The average molecular weight is 308 g/mol. The van der Waals surface area contributed by atoms with E-state index in [1.165, 1.54) is 0 Å². The number of benzene rings is 1. The van der Waals surface area contributed by atoms with Crippen LogP contribution in [-0.2, 0) is 16.6 Å². The van der Waals surface area contributed by atoms with Crippen LogP contribution in [0.15, 0.2) is 30.5 Å². The standard InChI is InChI=1S/C14H17N3O3S/c1-3-4-9-17-10-12(14(18)16-21(2,19)20)11-7-5-6-8-13(11)15-17/h5-8,10H,3-4,9H2,1-2H3/p+1. The van der Waals surface area contributed by atoms with Gasteiger partial charge in [0.1, 0.15) is 11.1 Å². The number of rotatable bonds is 5. The predicted molar refractivity (Wildman–Crippen MR) is 79.2 cm³/mol. The van der Waals surface area contributed by atoms with E-state index < -0.39 is 15.9 Å². The summed E-state index contributed by atoms with van der Waals surface area (Å²) in [6, 6.07) is 7.17. The minimum Gasteiger partial charge on any atom is -0.268 e. The second-order valence-corrected chi connectivity index (χ2v) is 6.63. The van der Waals surface area contributed by atoms with Gasteiger partial charge in [0.25, 0.3) is 5.91 Å². The number of amides is 1. The van der Waals surface area contributed by atoms with Crippen molar-refractivity contribution in [1.82, 2.24) is 9.82 Å². The first-order valence-corrected chi connectivity index (χ1v) is 8.61. The van der Waals surface area contributed by atoms with Gasteiger partial charge in [-0.25, -0.2) is 13.1 Å². The highest BCUT2D eigenvalue weighted by atomic mass is 32.2. The number of carbonyl (C=O) groups excluding carboxylic acids is 1. The molecule has 1 amide bonds. The summed E-state index contributed by atoms with van der Waals surface area (Å²) in [4.78, 5) is 12.2. The molecule has 0 spiro atoms. The van der Waals surface area contributed by atoms with Crippen LogP contribution in [-0.4, -0.2) is 25.7 Å². The zero-order chi connectivity index (χ0) is 15.5. The Balaban J connectivity index is 2.51. The summed E-state index contributed by atoms with van der Waals surface area (Å²) in [7, 11) is -3.60. The van der Waals surface area contributed by atoms with E-state index in [2.05, 4.69) is 12.0 Å². The summed E-state index contributed by atoms with van der Waals surface area (Å²) in [5, 5.41) is 5.07. The zero-order valence-corrected chi connectivity index (χ0v) is 12.9. The summed E-state index contributed by atoms with van der Waals surface area (Å²) in [5.74, 6) is -0.638. The van der Waals surface area contributed by atoms with E-state index in [-0.39, 0.29) is 0 Å². The van der Waals surface area contributed by atoms with Gasteiger partial charge in [-0.1, -0.05) is 36.2 Å². The quantitative estimate of drug-likeness (QED) is 0.836. The van der Waals surface area contributed by atoms with Gasteiger partial charge in [-0.3, -0.25) is 4.79 Å². The zero-order valence-electron chi connectivity index (χ0n) is 12.0. The van der Waals surface area contributed by atoms with Crippen LogP contribution >= 0.6 is 0 Å². The monoisotopic (exact) mass is 308 g/mol. The van der Waals surface area contributed by atoms with Gasteiger partial charge in [0.15, 0.2) is 6.54 Å². The number of fused-ring (bicyclic) bond motifs is 1. The van der Waals surface area contributed by atoms with Gasteiger partial charge >= 0.3 is 0 Å². The van der Waals surface area contributed by atoms with E-state index >= 15 is 0 Å². The van der Waals surface area contributed by atoms with Crippen LogP contribution in [0.5, 0.6) is 0 Å². The highest BCUT2D eigenvalue weighted by molar-refractivity contribution is 7.89. The van der Waals surface area contributed by atoms with E-state index in [4.69, 9.17) is 0 Å². The largest absolute Gasteiger partial charge is 0.271 e. The second-order valence-electron chi connectivity index (χ2n) is 4.88. The van der Waals surface area contributed by atoms with Crippen LogP contribution in [0.4, 0.5) is 0 Å². The van der Waals surface area contributed by atoms with Crippen LogP contribution < -0.4 is 9.40 Å². The Hall–Kier alpha value is -2.02. The van der Waals surface area contributed by atoms with E-state index in [1.807, 2.05) is 10.8 Å². The highest BCUT2D eigenvalue weighted by Crippen LogP contribution is 2.14. The highest BCUT2D eigenvalue weighted by Gasteiger charge is 2.20. The predicted octanol–water partition coefficient (Wildman–Crippen LogP) is 1.01. The third-order valence-corrected chi connectivity index (χ3v) is 3.53. The van der Waals surface area contributed by atoms with Crippen LogP contribution in [0, 0.1) is 0 Å². The number of hydrogen-bond acceptors (Lipinski definition) is 4. The summed E-state index contributed by atoms with van der Waals surface area (Å²) < 4.78 is 26.2. The van der Waals surface area contributed by atoms with Gasteiger partial charge in [-0.2, -0.15) is 0 Å².